The molecule has 0 bridgehead atoms. The first-order valence-electron chi connectivity index (χ1n) is 14.1. The molecule has 0 aliphatic carbocycles. The lowest BCUT2D eigenvalue weighted by Crippen LogP contribution is -2.47. The Kier molecular flexibility index (Phi) is 10.6. The third-order valence-electron chi connectivity index (χ3n) is 6.58. The predicted molar refractivity (Wildman–Crippen MR) is 164 cm³/mol. The van der Waals surface area contributed by atoms with Crippen molar-refractivity contribution in [3.63, 3.8) is 0 Å². The summed E-state index contributed by atoms with van der Waals surface area (Å²) in [5.41, 5.74) is 3.21. The SMILES string of the molecule is Cc1cc(C(=O)NC(C)(C)CCOC(C)(C)CNC(C)(C)C)ccc1N=Nc1ccc(C(=O)C(C)(C)C)cc1C. The molecule has 220 valence electrons. The molecule has 0 heterocycles. The predicted octanol–water partition coefficient (Wildman–Crippen LogP) is 8.03. The molecule has 2 aromatic rings. The van der Waals surface area contributed by atoms with Crippen molar-refractivity contribution in [1.82, 2.24) is 10.6 Å². The first-order valence-corrected chi connectivity index (χ1v) is 14.1. The maximum absolute atomic E-state index is 13.0. The summed E-state index contributed by atoms with van der Waals surface area (Å²) < 4.78 is 6.13. The van der Waals surface area contributed by atoms with E-state index in [0.29, 0.717) is 35.5 Å². The molecule has 2 N–H and O–H groups in total. The lowest BCUT2D eigenvalue weighted by atomic mass is 9.86. The molecule has 0 fully saturated rings. The molecule has 7 nitrogen and oxygen atoms in total. The number of azo groups is 1. The van der Waals surface area contributed by atoms with Gasteiger partial charge in [0.05, 0.1) is 17.0 Å². The van der Waals surface area contributed by atoms with Gasteiger partial charge in [-0.3, -0.25) is 9.59 Å². The van der Waals surface area contributed by atoms with Crippen LogP contribution < -0.4 is 10.6 Å². The van der Waals surface area contributed by atoms with Crippen LogP contribution in [0.2, 0.25) is 0 Å². The maximum atomic E-state index is 13.0. The van der Waals surface area contributed by atoms with Crippen LogP contribution in [0.1, 0.15) is 108 Å². The van der Waals surface area contributed by atoms with E-state index in [1.807, 2.05) is 66.7 Å². The van der Waals surface area contributed by atoms with E-state index >= 15 is 0 Å². The molecule has 40 heavy (non-hydrogen) atoms. The number of amides is 1. The van der Waals surface area contributed by atoms with Crippen LogP contribution in [0.25, 0.3) is 0 Å². The Morgan fingerprint density at radius 1 is 0.775 bits per heavy atom. The highest BCUT2D eigenvalue weighted by molar-refractivity contribution is 6.00. The zero-order valence-electron chi connectivity index (χ0n) is 26.7. The molecule has 0 unspecified atom stereocenters. The highest BCUT2D eigenvalue weighted by Crippen LogP contribution is 2.28. The molecule has 0 aliphatic rings. The monoisotopic (exact) mass is 550 g/mol. The Balaban J connectivity index is 2.01. The quantitative estimate of drug-likeness (QED) is 0.219. The van der Waals surface area contributed by atoms with E-state index in [-0.39, 0.29) is 22.8 Å². The molecule has 2 rings (SSSR count). The smallest absolute Gasteiger partial charge is 0.251 e. The van der Waals surface area contributed by atoms with Crippen molar-refractivity contribution in [3.8, 4) is 0 Å². The van der Waals surface area contributed by atoms with Crippen LogP contribution >= 0.6 is 0 Å². The molecule has 0 aliphatic heterocycles. The number of ketones is 1. The second kappa shape index (κ2) is 12.7. The number of nitrogens with zero attached hydrogens (tertiary/aromatic N) is 2. The minimum absolute atomic E-state index is 0.0288. The van der Waals surface area contributed by atoms with Crippen molar-refractivity contribution >= 4 is 23.1 Å². The average Bonchev–Trinajstić information content (AvgIpc) is 2.80. The molecule has 0 saturated heterocycles. The standard InChI is InChI=1S/C33H50N4O3/c1-22-19-24(28(38)30(3,4)5)13-15-26(22)36-37-27-16-14-25(20-23(27)2)29(39)35-32(9,10)17-18-40-33(11,12)21-34-31(6,7)8/h13-16,19-20,34H,17-18,21H2,1-12H3,(H,35,39). The summed E-state index contributed by atoms with van der Waals surface area (Å²) in [6.07, 6.45) is 0.683. The lowest BCUT2D eigenvalue weighted by Gasteiger charge is -2.33. The van der Waals surface area contributed by atoms with Gasteiger partial charge in [-0.25, -0.2) is 0 Å². The van der Waals surface area contributed by atoms with Crippen LogP contribution in [0.5, 0.6) is 0 Å². The number of aryl methyl sites for hydroxylation is 2. The largest absolute Gasteiger partial charge is 0.374 e. The fourth-order valence-electron chi connectivity index (χ4n) is 3.91. The van der Waals surface area contributed by atoms with E-state index in [1.54, 1.807) is 18.2 Å². The lowest BCUT2D eigenvalue weighted by molar-refractivity contribution is -0.0269. The van der Waals surface area contributed by atoms with Crippen LogP contribution in [0.4, 0.5) is 11.4 Å². The van der Waals surface area contributed by atoms with Gasteiger partial charge in [0.25, 0.3) is 5.91 Å². The van der Waals surface area contributed by atoms with Crippen LogP contribution in [0.3, 0.4) is 0 Å². The number of rotatable bonds is 11. The van der Waals surface area contributed by atoms with Crippen molar-refractivity contribution in [3.05, 3.63) is 58.7 Å². The topological polar surface area (TPSA) is 92.2 Å². The third-order valence-corrected chi connectivity index (χ3v) is 6.58. The summed E-state index contributed by atoms with van der Waals surface area (Å²) in [4.78, 5) is 25.6. The molecule has 0 aromatic heterocycles. The summed E-state index contributed by atoms with van der Waals surface area (Å²) in [5, 5.41) is 15.4. The van der Waals surface area contributed by atoms with E-state index in [9.17, 15) is 9.59 Å². The van der Waals surface area contributed by atoms with E-state index in [4.69, 9.17) is 4.74 Å². The molecule has 0 radical (unpaired) electrons. The van der Waals surface area contributed by atoms with E-state index in [0.717, 1.165) is 17.7 Å². The van der Waals surface area contributed by atoms with Gasteiger partial charge in [-0.1, -0.05) is 20.8 Å². The zero-order valence-corrected chi connectivity index (χ0v) is 26.7. The normalized spacial score (nSPS) is 13.1. The molecule has 0 saturated carbocycles. The van der Waals surface area contributed by atoms with Gasteiger partial charge in [0.1, 0.15) is 0 Å². The molecule has 0 atom stereocenters. The summed E-state index contributed by atoms with van der Waals surface area (Å²) in [6, 6.07) is 10.9. The third kappa shape index (κ3) is 10.6. The van der Waals surface area contributed by atoms with Crippen LogP contribution in [0, 0.1) is 19.3 Å². The van der Waals surface area contributed by atoms with Gasteiger partial charge < -0.3 is 15.4 Å². The van der Waals surface area contributed by atoms with E-state index in [1.165, 1.54) is 0 Å². The highest BCUT2D eigenvalue weighted by atomic mass is 16.5. The molecular formula is C33H50N4O3. The highest BCUT2D eigenvalue weighted by Gasteiger charge is 2.26. The first kappa shape index (κ1) is 33.3. The zero-order chi connectivity index (χ0) is 30.5. The first-order chi connectivity index (χ1) is 18.2. The Bertz CT molecular complexity index is 1230. The Morgan fingerprint density at radius 3 is 1.75 bits per heavy atom. The molecule has 0 spiro atoms. The Morgan fingerprint density at radius 2 is 1.27 bits per heavy atom. The maximum Gasteiger partial charge on any atom is 0.251 e. The fraction of sp³-hybridized carbons (Fsp3) is 0.576. The molecular weight excluding hydrogens is 500 g/mol. The Labute approximate surface area is 241 Å². The van der Waals surface area contributed by atoms with Crippen molar-refractivity contribution in [1.29, 1.82) is 0 Å². The van der Waals surface area contributed by atoms with Gasteiger partial charge in [-0.05, 0) is 116 Å². The molecule has 7 heteroatoms. The van der Waals surface area contributed by atoms with E-state index in [2.05, 4.69) is 55.5 Å². The van der Waals surface area contributed by atoms with Crippen LogP contribution in [-0.4, -0.2) is 41.5 Å². The number of ether oxygens (including phenoxy) is 1. The molecule has 2 aromatic carbocycles. The summed E-state index contributed by atoms with van der Waals surface area (Å²) in [7, 11) is 0. The minimum atomic E-state index is -0.440. The number of carbonyl (C=O) groups is 2. The summed E-state index contributed by atoms with van der Waals surface area (Å²) in [5.74, 6) is -0.0445. The summed E-state index contributed by atoms with van der Waals surface area (Å²) in [6.45, 7) is 25.4. The van der Waals surface area contributed by atoms with Crippen molar-refractivity contribution in [2.24, 2.45) is 15.6 Å². The number of nitrogens with one attached hydrogen (secondary N) is 2. The van der Waals surface area contributed by atoms with Crippen LogP contribution in [0.15, 0.2) is 46.6 Å². The summed E-state index contributed by atoms with van der Waals surface area (Å²) >= 11 is 0. The van der Waals surface area contributed by atoms with Crippen molar-refractivity contribution in [2.75, 3.05) is 13.2 Å². The van der Waals surface area contributed by atoms with Crippen molar-refractivity contribution < 1.29 is 14.3 Å². The second-order valence-corrected chi connectivity index (χ2v) is 14.1. The van der Waals surface area contributed by atoms with Gasteiger partial charge in [0, 0.05) is 40.8 Å². The number of carbonyl (C=O) groups excluding carboxylic acids is 2. The second-order valence-electron chi connectivity index (χ2n) is 14.1. The van der Waals surface area contributed by atoms with Gasteiger partial charge >= 0.3 is 0 Å². The van der Waals surface area contributed by atoms with Crippen LogP contribution in [-0.2, 0) is 4.74 Å². The fourth-order valence-corrected chi connectivity index (χ4v) is 3.91. The van der Waals surface area contributed by atoms with Crippen molar-refractivity contribution in [2.45, 2.75) is 106 Å². The van der Waals surface area contributed by atoms with Gasteiger partial charge in [-0.2, -0.15) is 10.2 Å². The molecule has 1 amide bonds. The van der Waals surface area contributed by atoms with Gasteiger partial charge in [0.2, 0.25) is 0 Å². The van der Waals surface area contributed by atoms with Gasteiger partial charge in [0.15, 0.2) is 5.78 Å². The number of Topliss-reactive ketones (excluding diaryl/α,β-unsaturated/α-hetero) is 1. The van der Waals surface area contributed by atoms with E-state index < -0.39 is 11.0 Å². The number of benzene rings is 2. The average molecular weight is 551 g/mol. The van der Waals surface area contributed by atoms with Gasteiger partial charge in [-0.15, -0.1) is 0 Å². The minimum Gasteiger partial charge on any atom is -0.374 e. The Hall–Kier alpha value is -2.90. The number of hydrogen-bond donors (Lipinski definition) is 2. The number of hydrogen-bond acceptors (Lipinski definition) is 6.